The van der Waals surface area contributed by atoms with Crippen LogP contribution in [0.1, 0.15) is 59.8 Å². The number of amides is 3. The zero-order chi connectivity index (χ0) is 28.8. The Kier molecular flexibility index (Phi) is 19.8. The number of carbonyl (C=O) groups excluding carboxylic acids is 4. The van der Waals surface area contributed by atoms with Crippen LogP contribution in [0.5, 0.6) is 0 Å². The maximum absolute atomic E-state index is 12.8. The number of hydrogen-bond donors (Lipinski definition) is 3. The first-order chi connectivity index (χ1) is 18.0. The molecule has 0 aliphatic heterocycles. The van der Waals surface area contributed by atoms with E-state index in [1.807, 2.05) is 0 Å². The molecule has 0 fully saturated rings. The van der Waals surface area contributed by atoms with E-state index in [0.29, 0.717) is 45.4 Å². The zero-order valence-corrected chi connectivity index (χ0v) is 23.4. The van der Waals surface area contributed by atoms with Crippen LogP contribution in [0.25, 0.3) is 0 Å². The van der Waals surface area contributed by atoms with Crippen molar-refractivity contribution < 1.29 is 52.6 Å². The lowest BCUT2D eigenvalue weighted by Crippen LogP contribution is -2.42. The Balaban J connectivity index is 4.49. The third-order valence-electron chi connectivity index (χ3n) is 4.54. The normalized spacial score (nSPS) is 12.7. The fourth-order valence-corrected chi connectivity index (χ4v) is 2.89. The van der Waals surface area contributed by atoms with Crippen LogP contribution in [-0.4, -0.2) is 95.7 Å². The lowest BCUT2D eigenvalue weighted by Gasteiger charge is -2.20. The molecular formula is C24H45N3O11. The van der Waals surface area contributed by atoms with E-state index in [0.717, 1.165) is 0 Å². The van der Waals surface area contributed by atoms with Crippen LogP contribution in [0, 0.1) is 0 Å². The van der Waals surface area contributed by atoms with Crippen LogP contribution in [-0.2, 0) is 38.3 Å². The number of Topliss-reactive ketones (excluding diaryl/α,β-unsaturated/α-hetero) is 1. The van der Waals surface area contributed by atoms with Crippen LogP contribution in [0.15, 0.2) is 0 Å². The Labute approximate surface area is 224 Å². The van der Waals surface area contributed by atoms with Gasteiger partial charge in [-0.3, -0.25) is 4.79 Å². The molecular weight excluding hydrogens is 506 g/mol. The van der Waals surface area contributed by atoms with Gasteiger partial charge in [-0.05, 0) is 46.5 Å². The number of ketones is 1. The molecule has 0 radical (unpaired) electrons. The Bertz CT molecular complexity index is 686. The van der Waals surface area contributed by atoms with Crippen molar-refractivity contribution in [1.82, 2.24) is 16.0 Å². The van der Waals surface area contributed by atoms with Crippen LogP contribution in [0.3, 0.4) is 0 Å². The molecule has 0 saturated carbocycles. The molecule has 0 bridgehead atoms. The van der Waals surface area contributed by atoms with E-state index >= 15 is 0 Å². The average Bonchev–Trinajstić information content (AvgIpc) is 2.81. The zero-order valence-electron chi connectivity index (χ0n) is 23.4. The summed E-state index contributed by atoms with van der Waals surface area (Å²) in [5, 5.41) is 7.75. The van der Waals surface area contributed by atoms with E-state index in [4.69, 9.17) is 28.6 Å². The molecule has 0 aromatic carbocycles. The second-order valence-corrected chi connectivity index (χ2v) is 9.09. The number of rotatable bonds is 20. The lowest BCUT2D eigenvalue weighted by molar-refractivity contribution is -0.346. The highest BCUT2D eigenvalue weighted by Crippen LogP contribution is 2.08. The first kappa shape index (κ1) is 35.3. The minimum Gasteiger partial charge on any atom is -0.447 e. The molecule has 222 valence electrons. The van der Waals surface area contributed by atoms with Gasteiger partial charge in [0.05, 0.1) is 33.0 Å². The third kappa shape index (κ3) is 21.4. The first-order valence-corrected chi connectivity index (χ1v) is 12.6. The van der Waals surface area contributed by atoms with Gasteiger partial charge in [0.2, 0.25) is 6.29 Å². The third-order valence-corrected chi connectivity index (χ3v) is 4.54. The summed E-state index contributed by atoms with van der Waals surface area (Å²) in [6.07, 6.45) is -1.10. The summed E-state index contributed by atoms with van der Waals surface area (Å²) in [4.78, 5) is 57.5. The highest BCUT2D eigenvalue weighted by atomic mass is 17.2. The van der Waals surface area contributed by atoms with Gasteiger partial charge in [-0.1, -0.05) is 0 Å². The van der Waals surface area contributed by atoms with Crippen LogP contribution < -0.4 is 16.0 Å². The Morgan fingerprint density at radius 2 is 1.47 bits per heavy atom. The summed E-state index contributed by atoms with van der Waals surface area (Å²) in [5.74, 6) is -0.228. The summed E-state index contributed by atoms with van der Waals surface area (Å²) >= 11 is 0. The first-order valence-electron chi connectivity index (χ1n) is 12.6. The molecule has 0 aliphatic carbocycles. The molecule has 0 aliphatic rings. The molecule has 3 N–H and O–H groups in total. The molecule has 0 rings (SSSR count). The van der Waals surface area contributed by atoms with E-state index < -0.39 is 36.2 Å². The van der Waals surface area contributed by atoms with Gasteiger partial charge in [0.15, 0.2) is 5.78 Å². The average molecular weight is 552 g/mol. The summed E-state index contributed by atoms with van der Waals surface area (Å²) < 4.78 is 25.2. The van der Waals surface area contributed by atoms with E-state index in [2.05, 4.69) is 20.8 Å². The van der Waals surface area contributed by atoms with Crippen molar-refractivity contribution in [1.29, 1.82) is 0 Å². The van der Waals surface area contributed by atoms with Crippen LogP contribution in [0.2, 0.25) is 0 Å². The number of carbonyl (C=O) groups is 4. The van der Waals surface area contributed by atoms with Gasteiger partial charge in [0.1, 0.15) is 12.2 Å². The molecule has 0 aromatic rings. The van der Waals surface area contributed by atoms with Gasteiger partial charge in [-0.15, -0.1) is 0 Å². The minimum atomic E-state index is -0.977. The van der Waals surface area contributed by atoms with E-state index in [1.54, 1.807) is 27.9 Å². The van der Waals surface area contributed by atoms with Crippen molar-refractivity contribution in [2.45, 2.75) is 77.7 Å². The summed E-state index contributed by atoms with van der Waals surface area (Å²) in [7, 11) is 2.84. The smallest absolute Gasteiger partial charge is 0.410 e. The van der Waals surface area contributed by atoms with Gasteiger partial charge in [-0.2, -0.15) is 4.89 Å². The molecule has 0 spiro atoms. The van der Waals surface area contributed by atoms with Crippen molar-refractivity contribution >= 4 is 24.1 Å². The lowest BCUT2D eigenvalue weighted by atomic mass is 10.0. The summed E-state index contributed by atoms with van der Waals surface area (Å²) in [6, 6.07) is -0.824. The number of ether oxygens (including phenoxy) is 5. The molecule has 0 heterocycles. The highest BCUT2D eigenvalue weighted by Gasteiger charge is 2.22. The molecule has 0 aromatic heterocycles. The van der Waals surface area contributed by atoms with Crippen molar-refractivity contribution in [2.24, 2.45) is 0 Å². The molecule has 0 saturated heterocycles. The molecule has 38 heavy (non-hydrogen) atoms. The van der Waals surface area contributed by atoms with Gasteiger partial charge in [-0.25, -0.2) is 19.3 Å². The van der Waals surface area contributed by atoms with Gasteiger partial charge < -0.3 is 39.6 Å². The van der Waals surface area contributed by atoms with E-state index in [1.165, 1.54) is 14.0 Å². The second-order valence-electron chi connectivity index (χ2n) is 9.09. The van der Waals surface area contributed by atoms with Crippen molar-refractivity contribution in [3.63, 3.8) is 0 Å². The van der Waals surface area contributed by atoms with Gasteiger partial charge >= 0.3 is 18.3 Å². The molecule has 3 amide bonds. The highest BCUT2D eigenvalue weighted by molar-refractivity contribution is 5.87. The van der Waals surface area contributed by atoms with Crippen molar-refractivity contribution in [3.8, 4) is 0 Å². The van der Waals surface area contributed by atoms with E-state index in [-0.39, 0.29) is 32.0 Å². The Morgan fingerprint density at radius 3 is 2.13 bits per heavy atom. The van der Waals surface area contributed by atoms with Gasteiger partial charge in [0.25, 0.3) is 0 Å². The molecule has 14 nitrogen and oxygen atoms in total. The summed E-state index contributed by atoms with van der Waals surface area (Å²) in [5.41, 5.74) is -0.622. The van der Waals surface area contributed by atoms with E-state index in [9.17, 15) is 19.2 Å². The maximum Gasteiger partial charge on any atom is 0.410 e. The van der Waals surface area contributed by atoms with Crippen molar-refractivity contribution in [3.05, 3.63) is 0 Å². The number of unbranched alkanes of at least 4 members (excludes halogenated alkanes) is 1. The molecule has 2 atom stereocenters. The topological polar surface area (TPSA) is 169 Å². The van der Waals surface area contributed by atoms with Crippen LogP contribution in [0.4, 0.5) is 14.4 Å². The molecule has 14 heteroatoms. The van der Waals surface area contributed by atoms with Crippen LogP contribution >= 0.6 is 0 Å². The monoisotopic (exact) mass is 551 g/mol. The number of alkyl carbamates (subject to hydrolysis) is 3. The molecule has 2 unspecified atom stereocenters. The summed E-state index contributed by atoms with van der Waals surface area (Å²) in [6.45, 7) is 8.55. The number of hydrogen-bond acceptors (Lipinski definition) is 11. The number of methoxy groups -OCH3 is 1. The Morgan fingerprint density at radius 1 is 0.816 bits per heavy atom. The fraction of sp³-hybridized carbons (Fsp3) is 0.833. The SMILES string of the molecule is COCCOCCOC(=O)NCCCCC(NC(=O)OC(C)OOC)C(=O)CCCNC(=O)OC(C)(C)C. The van der Waals surface area contributed by atoms with Gasteiger partial charge in [0, 0.05) is 33.5 Å². The minimum absolute atomic E-state index is 0.113. The quantitative estimate of drug-likeness (QED) is 0.0668. The standard InChI is InChI=1S/C24H45N3O11/c1-18(38-33-6)36-23(31)27-19(20(28)11-9-13-26-22(30)37-24(2,3)4)10-7-8-12-25-21(29)35-17-16-34-15-14-32-5/h18-19H,7-17H2,1-6H3,(H,25,29)(H,26,30)(H,27,31). The van der Waals surface area contributed by atoms with Crippen molar-refractivity contribution in [2.75, 3.05) is 53.7 Å². The second kappa shape index (κ2) is 21.3. The fourth-order valence-electron chi connectivity index (χ4n) is 2.89. The predicted octanol–water partition coefficient (Wildman–Crippen LogP) is 2.44. The maximum atomic E-state index is 12.8. The number of nitrogens with one attached hydrogen (secondary N) is 3. The predicted molar refractivity (Wildman–Crippen MR) is 135 cm³/mol. The Hall–Kier alpha value is -2.68. The largest absolute Gasteiger partial charge is 0.447 e.